The highest BCUT2D eigenvalue weighted by Gasteiger charge is 2.22. The van der Waals surface area contributed by atoms with Crippen LogP contribution >= 0.6 is 0 Å². The summed E-state index contributed by atoms with van der Waals surface area (Å²) in [5.41, 5.74) is 0.715. The van der Waals surface area contributed by atoms with Crippen LogP contribution in [0, 0.1) is 0 Å². The molecule has 0 heterocycles. The zero-order valence-corrected chi connectivity index (χ0v) is 19.7. The van der Waals surface area contributed by atoms with E-state index in [1.165, 1.54) is 0 Å². The number of aliphatic hydroxyl groups excluding tert-OH is 2. The van der Waals surface area contributed by atoms with Gasteiger partial charge in [0.15, 0.2) is 12.1 Å². The van der Waals surface area contributed by atoms with Crippen molar-refractivity contribution in [2.45, 2.75) is 24.9 Å². The van der Waals surface area contributed by atoms with Gasteiger partial charge in [0.2, 0.25) is 0 Å². The summed E-state index contributed by atoms with van der Waals surface area (Å²) in [6.45, 7) is -1.13. The Bertz CT molecular complexity index is 930. The molecule has 2 atom stereocenters. The number of aliphatic hydroxyl groups is 2. The van der Waals surface area contributed by atoms with E-state index in [0.29, 0.717) is 24.0 Å². The average molecular weight is 499 g/mol. The SMILES string of the molecule is O=C(N[C@@H](CO)C(=O)OCC/C=C/CCOC(=O)[C@H](CO)NC(=O)c1ccccc1)c1ccccc1. The van der Waals surface area contributed by atoms with Crippen LogP contribution in [0.1, 0.15) is 33.6 Å². The molecule has 10 nitrogen and oxygen atoms in total. The molecule has 10 heteroatoms. The Kier molecular flexibility index (Phi) is 12.4. The average Bonchev–Trinajstić information content (AvgIpc) is 2.92. The normalized spacial score (nSPS) is 12.4. The van der Waals surface area contributed by atoms with Crippen LogP contribution in [0.4, 0.5) is 0 Å². The topological polar surface area (TPSA) is 151 Å². The molecule has 2 rings (SSSR count). The Labute approximate surface area is 208 Å². The molecular weight excluding hydrogens is 468 g/mol. The zero-order valence-electron chi connectivity index (χ0n) is 19.7. The lowest BCUT2D eigenvalue weighted by Crippen LogP contribution is -2.44. The predicted octanol–water partition coefficient (Wildman–Crippen LogP) is 0.991. The summed E-state index contributed by atoms with van der Waals surface area (Å²) in [5.74, 6) is -2.50. The van der Waals surface area contributed by atoms with Crippen LogP contribution in [0.3, 0.4) is 0 Å². The van der Waals surface area contributed by atoms with Crippen molar-refractivity contribution in [3.05, 3.63) is 83.9 Å². The first-order valence-electron chi connectivity index (χ1n) is 11.4. The number of hydrogen-bond donors (Lipinski definition) is 4. The molecule has 0 fully saturated rings. The highest BCUT2D eigenvalue weighted by molar-refractivity contribution is 5.97. The second-order valence-electron chi connectivity index (χ2n) is 7.53. The largest absolute Gasteiger partial charge is 0.464 e. The molecule has 0 bridgehead atoms. The van der Waals surface area contributed by atoms with Crippen LogP contribution < -0.4 is 10.6 Å². The van der Waals surface area contributed by atoms with Gasteiger partial charge in [0, 0.05) is 11.1 Å². The summed E-state index contributed by atoms with van der Waals surface area (Å²) >= 11 is 0. The molecule has 0 saturated carbocycles. The van der Waals surface area contributed by atoms with E-state index in [1.54, 1.807) is 72.8 Å². The summed E-state index contributed by atoms with van der Waals surface area (Å²) in [6, 6.07) is 14.2. The van der Waals surface area contributed by atoms with E-state index in [9.17, 15) is 29.4 Å². The van der Waals surface area contributed by atoms with Crippen LogP contribution in [0.25, 0.3) is 0 Å². The number of carbonyl (C=O) groups is 4. The van der Waals surface area contributed by atoms with E-state index >= 15 is 0 Å². The third kappa shape index (κ3) is 9.69. The van der Waals surface area contributed by atoms with Crippen LogP contribution in [0.2, 0.25) is 0 Å². The molecule has 0 aliphatic rings. The minimum absolute atomic E-state index is 0.0327. The van der Waals surface area contributed by atoms with Gasteiger partial charge < -0.3 is 30.3 Å². The zero-order chi connectivity index (χ0) is 26.2. The number of benzene rings is 2. The third-order valence-corrected chi connectivity index (χ3v) is 4.84. The van der Waals surface area contributed by atoms with Gasteiger partial charge in [0.05, 0.1) is 26.4 Å². The predicted molar refractivity (Wildman–Crippen MR) is 130 cm³/mol. The molecule has 0 unspecified atom stereocenters. The Hall–Kier alpha value is -4.02. The van der Waals surface area contributed by atoms with Gasteiger partial charge in [0.25, 0.3) is 11.8 Å². The second-order valence-corrected chi connectivity index (χ2v) is 7.53. The van der Waals surface area contributed by atoms with Gasteiger partial charge in [-0.15, -0.1) is 0 Å². The molecule has 0 aliphatic heterocycles. The van der Waals surface area contributed by atoms with Gasteiger partial charge in [-0.3, -0.25) is 9.59 Å². The van der Waals surface area contributed by atoms with Crippen molar-refractivity contribution < 1.29 is 38.9 Å². The van der Waals surface area contributed by atoms with Crippen molar-refractivity contribution in [3.8, 4) is 0 Å². The lowest BCUT2D eigenvalue weighted by atomic mass is 10.2. The highest BCUT2D eigenvalue weighted by Crippen LogP contribution is 2.02. The second kappa shape index (κ2) is 15.8. The van der Waals surface area contributed by atoms with Gasteiger partial charge in [0.1, 0.15) is 0 Å². The van der Waals surface area contributed by atoms with Gasteiger partial charge >= 0.3 is 11.9 Å². The molecule has 192 valence electrons. The lowest BCUT2D eigenvalue weighted by molar-refractivity contribution is -0.147. The fourth-order valence-electron chi connectivity index (χ4n) is 2.91. The minimum atomic E-state index is -1.18. The molecule has 0 saturated heterocycles. The Morgan fingerprint density at radius 2 is 1.03 bits per heavy atom. The molecule has 2 aromatic rings. The summed E-state index contributed by atoms with van der Waals surface area (Å²) < 4.78 is 10.2. The number of ether oxygens (including phenoxy) is 2. The first-order valence-corrected chi connectivity index (χ1v) is 11.4. The van der Waals surface area contributed by atoms with Gasteiger partial charge in [-0.2, -0.15) is 0 Å². The van der Waals surface area contributed by atoms with E-state index in [1.807, 2.05) is 0 Å². The summed E-state index contributed by atoms with van der Waals surface area (Å²) in [4.78, 5) is 48.4. The fraction of sp³-hybridized carbons (Fsp3) is 0.308. The molecule has 2 amide bonds. The number of rotatable bonds is 14. The smallest absolute Gasteiger partial charge is 0.331 e. The first kappa shape index (κ1) is 28.2. The summed E-state index contributed by atoms with van der Waals surface area (Å²) in [6.07, 6.45) is 4.18. The fourth-order valence-corrected chi connectivity index (χ4v) is 2.91. The minimum Gasteiger partial charge on any atom is -0.464 e. The van der Waals surface area contributed by atoms with Crippen molar-refractivity contribution in [3.63, 3.8) is 0 Å². The molecule has 4 N–H and O–H groups in total. The quantitative estimate of drug-likeness (QED) is 0.171. The van der Waals surface area contributed by atoms with Crippen molar-refractivity contribution in [1.29, 1.82) is 0 Å². The number of amides is 2. The summed E-state index contributed by atoms with van der Waals surface area (Å²) in [7, 11) is 0. The van der Waals surface area contributed by atoms with Crippen LogP contribution in [-0.4, -0.2) is 72.5 Å². The number of nitrogens with one attached hydrogen (secondary N) is 2. The van der Waals surface area contributed by atoms with Crippen LogP contribution in [0.15, 0.2) is 72.8 Å². The third-order valence-electron chi connectivity index (χ3n) is 4.84. The number of carbonyl (C=O) groups excluding carboxylic acids is 4. The Balaban J connectivity index is 1.62. The first-order chi connectivity index (χ1) is 17.5. The molecule has 2 aromatic carbocycles. The molecule has 0 spiro atoms. The lowest BCUT2D eigenvalue weighted by Gasteiger charge is -2.15. The van der Waals surface area contributed by atoms with Crippen molar-refractivity contribution in [1.82, 2.24) is 10.6 Å². The van der Waals surface area contributed by atoms with Gasteiger partial charge in [-0.25, -0.2) is 9.59 Å². The maximum atomic E-state index is 12.1. The molecular formula is C26H30N2O8. The van der Waals surface area contributed by atoms with E-state index in [4.69, 9.17) is 9.47 Å². The summed E-state index contributed by atoms with van der Waals surface area (Å²) in [5, 5.41) is 23.6. The standard InChI is InChI=1S/C26H30N2O8/c29-17-21(27-23(31)19-11-5-3-6-12-19)25(33)35-15-9-1-2-10-16-36-26(34)22(18-30)28-24(32)20-13-7-4-8-14-20/h1-8,11-14,21-22,29-30H,9-10,15-18H2,(H,27,31)(H,28,32)/b2-1+/t21-,22-/m0/s1. The monoisotopic (exact) mass is 498 g/mol. The molecule has 0 aliphatic carbocycles. The number of hydrogen-bond acceptors (Lipinski definition) is 8. The van der Waals surface area contributed by atoms with E-state index in [-0.39, 0.29) is 13.2 Å². The van der Waals surface area contributed by atoms with E-state index in [2.05, 4.69) is 10.6 Å². The Morgan fingerprint density at radius 1 is 0.667 bits per heavy atom. The van der Waals surface area contributed by atoms with Gasteiger partial charge in [-0.1, -0.05) is 48.6 Å². The van der Waals surface area contributed by atoms with Crippen molar-refractivity contribution in [2.75, 3.05) is 26.4 Å². The van der Waals surface area contributed by atoms with Crippen molar-refractivity contribution in [2.24, 2.45) is 0 Å². The maximum Gasteiger partial charge on any atom is 0.331 e. The van der Waals surface area contributed by atoms with Crippen molar-refractivity contribution >= 4 is 23.8 Å². The molecule has 0 aromatic heterocycles. The Morgan fingerprint density at radius 3 is 1.36 bits per heavy atom. The molecule has 0 radical (unpaired) electrons. The number of esters is 2. The highest BCUT2D eigenvalue weighted by atomic mass is 16.5. The van der Waals surface area contributed by atoms with E-state index in [0.717, 1.165) is 0 Å². The maximum absolute atomic E-state index is 12.1. The van der Waals surface area contributed by atoms with Gasteiger partial charge in [-0.05, 0) is 37.1 Å². The van der Waals surface area contributed by atoms with Crippen LogP contribution in [0.5, 0.6) is 0 Å². The van der Waals surface area contributed by atoms with E-state index < -0.39 is 49.1 Å². The van der Waals surface area contributed by atoms with Crippen LogP contribution in [-0.2, 0) is 19.1 Å². The molecule has 36 heavy (non-hydrogen) atoms.